The van der Waals surface area contributed by atoms with Crippen molar-refractivity contribution < 1.29 is 14.7 Å². The summed E-state index contributed by atoms with van der Waals surface area (Å²) >= 11 is 5.74. The molecule has 1 unspecified atom stereocenters. The Hall–Kier alpha value is -1.10. The quantitative estimate of drug-likeness (QED) is 0.751. The third-order valence-corrected chi connectivity index (χ3v) is 1.98. The molecule has 1 aromatic rings. The lowest BCUT2D eigenvalue weighted by molar-refractivity contribution is -0.140. The van der Waals surface area contributed by atoms with Crippen LogP contribution in [0.5, 0.6) is 0 Å². The number of nitrogens with two attached hydrogens (primary N) is 1. The summed E-state index contributed by atoms with van der Waals surface area (Å²) in [6.07, 6.45) is -0.845. The molecule has 0 heterocycles. The fourth-order valence-corrected chi connectivity index (χ4v) is 1.31. The van der Waals surface area contributed by atoms with Gasteiger partial charge in [-0.2, -0.15) is 0 Å². The minimum absolute atomic E-state index is 0.184. The molecule has 0 spiro atoms. The van der Waals surface area contributed by atoms with Crippen LogP contribution in [0, 0.1) is 0 Å². The Labute approximate surface area is 86.2 Å². The van der Waals surface area contributed by atoms with Crippen LogP contribution >= 0.6 is 11.6 Å². The fraction of sp³-hybridized carbons (Fsp3) is 0.222. The summed E-state index contributed by atoms with van der Waals surface area (Å²) in [5.41, 5.74) is 0.655. The van der Waals surface area contributed by atoms with Crippen LogP contribution in [-0.2, 0) is 9.63 Å². The smallest absolute Gasteiger partial charge is 0.306 e. The molecule has 1 atom stereocenters. The molecule has 0 aliphatic heterocycles. The van der Waals surface area contributed by atoms with Gasteiger partial charge in [-0.1, -0.05) is 23.7 Å². The van der Waals surface area contributed by atoms with Crippen molar-refractivity contribution in [2.75, 3.05) is 0 Å². The predicted octanol–water partition coefficient (Wildman–Crippen LogP) is 1.75. The highest BCUT2D eigenvalue weighted by molar-refractivity contribution is 6.30. The van der Waals surface area contributed by atoms with Crippen LogP contribution in [0.1, 0.15) is 18.1 Å². The fourth-order valence-electron chi connectivity index (χ4n) is 1.11. The highest BCUT2D eigenvalue weighted by Crippen LogP contribution is 2.22. The maximum Gasteiger partial charge on any atom is 0.306 e. The Morgan fingerprint density at radius 1 is 1.64 bits per heavy atom. The lowest BCUT2D eigenvalue weighted by atomic mass is 10.1. The van der Waals surface area contributed by atoms with Gasteiger partial charge in [0.1, 0.15) is 6.10 Å². The molecule has 4 nitrogen and oxygen atoms in total. The topological polar surface area (TPSA) is 72.5 Å². The number of rotatable bonds is 4. The van der Waals surface area contributed by atoms with Gasteiger partial charge in [0.15, 0.2) is 0 Å². The monoisotopic (exact) mass is 215 g/mol. The summed E-state index contributed by atoms with van der Waals surface area (Å²) in [5.74, 6) is 4.02. The van der Waals surface area contributed by atoms with Crippen LogP contribution < -0.4 is 5.90 Å². The Kier molecular flexibility index (Phi) is 3.88. The molecule has 76 valence electrons. The summed E-state index contributed by atoms with van der Waals surface area (Å²) in [7, 11) is 0. The van der Waals surface area contributed by atoms with Crippen LogP contribution in [-0.4, -0.2) is 11.1 Å². The molecule has 3 N–H and O–H groups in total. The molecular weight excluding hydrogens is 206 g/mol. The van der Waals surface area contributed by atoms with E-state index in [1.807, 2.05) is 0 Å². The van der Waals surface area contributed by atoms with Crippen molar-refractivity contribution in [1.82, 2.24) is 0 Å². The number of halogens is 1. The van der Waals surface area contributed by atoms with E-state index in [-0.39, 0.29) is 6.42 Å². The van der Waals surface area contributed by atoms with Gasteiger partial charge in [0, 0.05) is 5.02 Å². The minimum Gasteiger partial charge on any atom is -0.481 e. The largest absolute Gasteiger partial charge is 0.481 e. The van der Waals surface area contributed by atoms with Crippen LogP contribution in [0.25, 0.3) is 0 Å². The molecular formula is C9H10ClNO3. The molecule has 0 aromatic heterocycles. The van der Waals surface area contributed by atoms with E-state index in [1.165, 1.54) is 0 Å². The van der Waals surface area contributed by atoms with Crippen molar-refractivity contribution in [2.45, 2.75) is 12.5 Å². The van der Waals surface area contributed by atoms with Crippen molar-refractivity contribution in [3.63, 3.8) is 0 Å². The number of hydrogen-bond donors (Lipinski definition) is 2. The lowest BCUT2D eigenvalue weighted by Crippen LogP contribution is -2.13. The number of carboxylic acid groups (broad SMARTS) is 1. The van der Waals surface area contributed by atoms with Gasteiger partial charge >= 0.3 is 5.97 Å². The SMILES string of the molecule is NOC(CC(=O)O)c1cccc(Cl)c1. The third-order valence-electron chi connectivity index (χ3n) is 1.74. The van der Waals surface area contributed by atoms with Crippen LogP contribution in [0.15, 0.2) is 24.3 Å². The number of carboxylic acids is 1. The first-order valence-electron chi connectivity index (χ1n) is 3.96. The third kappa shape index (κ3) is 2.99. The second-order valence-corrected chi connectivity index (χ2v) is 3.21. The van der Waals surface area contributed by atoms with Crippen LogP contribution in [0.2, 0.25) is 5.02 Å². The Morgan fingerprint density at radius 2 is 2.36 bits per heavy atom. The summed E-state index contributed by atoms with van der Waals surface area (Å²) in [6, 6.07) is 6.75. The van der Waals surface area contributed by atoms with E-state index < -0.39 is 12.1 Å². The van der Waals surface area contributed by atoms with Gasteiger partial charge in [0.25, 0.3) is 0 Å². The van der Waals surface area contributed by atoms with E-state index in [0.717, 1.165) is 0 Å². The first-order chi connectivity index (χ1) is 6.63. The summed E-state index contributed by atoms with van der Waals surface area (Å²) in [5, 5.41) is 9.10. The molecule has 0 aliphatic carbocycles. The van der Waals surface area contributed by atoms with Crippen molar-refractivity contribution in [1.29, 1.82) is 0 Å². The summed E-state index contributed by atoms with van der Waals surface area (Å²) in [4.78, 5) is 15.0. The van der Waals surface area contributed by atoms with Gasteiger partial charge in [0.05, 0.1) is 6.42 Å². The van der Waals surface area contributed by atoms with Gasteiger partial charge in [-0.25, -0.2) is 5.90 Å². The normalized spacial score (nSPS) is 12.4. The van der Waals surface area contributed by atoms with E-state index in [0.29, 0.717) is 10.6 Å². The maximum atomic E-state index is 10.5. The molecule has 0 saturated heterocycles. The number of carbonyl (C=O) groups is 1. The first kappa shape index (κ1) is 11.0. The number of hydrogen-bond acceptors (Lipinski definition) is 3. The average Bonchev–Trinajstić information content (AvgIpc) is 2.14. The summed E-state index contributed by atoms with van der Waals surface area (Å²) in [6.45, 7) is 0. The molecule has 1 rings (SSSR count). The standard InChI is InChI=1S/C9H10ClNO3/c10-7-3-1-2-6(4-7)8(14-11)5-9(12)13/h1-4,8H,5,11H2,(H,12,13). The molecule has 0 amide bonds. The van der Waals surface area contributed by atoms with Crippen LogP contribution in [0.4, 0.5) is 0 Å². The lowest BCUT2D eigenvalue weighted by Gasteiger charge is -2.12. The first-order valence-corrected chi connectivity index (χ1v) is 4.34. The minimum atomic E-state index is -0.972. The Bertz CT molecular complexity index is 330. The van der Waals surface area contributed by atoms with Gasteiger partial charge in [-0.05, 0) is 17.7 Å². The van der Waals surface area contributed by atoms with E-state index in [2.05, 4.69) is 4.84 Å². The van der Waals surface area contributed by atoms with Gasteiger partial charge < -0.3 is 5.11 Å². The van der Waals surface area contributed by atoms with E-state index >= 15 is 0 Å². The van der Waals surface area contributed by atoms with Crippen molar-refractivity contribution in [3.8, 4) is 0 Å². The molecule has 0 fully saturated rings. The zero-order valence-electron chi connectivity index (χ0n) is 7.31. The molecule has 5 heteroatoms. The van der Waals surface area contributed by atoms with Gasteiger partial charge in [-0.15, -0.1) is 0 Å². The zero-order valence-corrected chi connectivity index (χ0v) is 8.07. The second-order valence-electron chi connectivity index (χ2n) is 2.78. The zero-order chi connectivity index (χ0) is 10.6. The Balaban J connectivity index is 2.83. The van der Waals surface area contributed by atoms with Crippen LogP contribution in [0.3, 0.4) is 0 Å². The summed E-state index contributed by atoms with van der Waals surface area (Å²) < 4.78 is 0. The van der Waals surface area contributed by atoms with Gasteiger partial charge in [-0.3, -0.25) is 9.63 Å². The average molecular weight is 216 g/mol. The number of aliphatic carboxylic acids is 1. The highest BCUT2D eigenvalue weighted by atomic mass is 35.5. The van der Waals surface area contributed by atoms with E-state index in [4.69, 9.17) is 22.6 Å². The Morgan fingerprint density at radius 3 is 2.86 bits per heavy atom. The highest BCUT2D eigenvalue weighted by Gasteiger charge is 2.15. The van der Waals surface area contributed by atoms with Crippen molar-refractivity contribution in [3.05, 3.63) is 34.9 Å². The van der Waals surface area contributed by atoms with E-state index in [1.54, 1.807) is 24.3 Å². The molecule has 14 heavy (non-hydrogen) atoms. The van der Waals surface area contributed by atoms with Crippen molar-refractivity contribution >= 4 is 17.6 Å². The van der Waals surface area contributed by atoms with Gasteiger partial charge in [0.2, 0.25) is 0 Å². The van der Waals surface area contributed by atoms with Crippen molar-refractivity contribution in [2.24, 2.45) is 5.90 Å². The molecule has 0 aliphatic rings. The number of benzene rings is 1. The molecule has 0 saturated carbocycles. The predicted molar refractivity (Wildman–Crippen MR) is 51.7 cm³/mol. The molecule has 0 radical (unpaired) electrons. The second kappa shape index (κ2) is 4.95. The maximum absolute atomic E-state index is 10.5. The van der Waals surface area contributed by atoms with E-state index in [9.17, 15) is 4.79 Å². The molecule has 0 bridgehead atoms. The molecule has 1 aromatic carbocycles.